The molecule has 0 saturated carbocycles. The fraction of sp³-hybridized carbons (Fsp3) is 0.440. The van der Waals surface area contributed by atoms with Gasteiger partial charge in [-0.05, 0) is 73.3 Å². The Morgan fingerprint density at radius 2 is 1.58 bits per heavy atom. The minimum atomic E-state index is 0.0242. The maximum Gasteiger partial charge on any atom is 0.254 e. The van der Waals surface area contributed by atoms with Crippen molar-refractivity contribution in [1.29, 1.82) is 0 Å². The van der Waals surface area contributed by atoms with E-state index in [-0.39, 0.29) is 11.8 Å². The molecule has 2 fully saturated rings. The van der Waals surface area contributed by atoms with E-state index in [1.165, 1.54) is 31.4 Å². The first-order chi connectivity index (χ1) is 15.1. The van der Waals surface area contributed by atoms with Crippen molar-refractivity contribution in [3.8, 4) is 0 Å². The second-order valence-electron chi connectivity index (χ2n) is 9.02. The van der Waals surface area contributed by atoms with Gasteiger partial charge in [0.1, 0.15) is 0 Å². The maximum atomic E-state index is 13.2. The molecule has 5 rings (SSSR count). The highest BCUT2D eigenvalue weighted by Gasteiger charge is 2.32. The molecule has 1 atom stereocenters. The van der Waals surface area contributed by atoms with E-state index in [9.17, 15) is 9.59 Å². The largest absolute Gasteiger partial charge is 0.399 e. The average molecular weight is 419 g/mol. The molecule has 3 aliphatic heterocycles. The van der Waals surface area contributed by atoms with Crippen LogP contribution in [0.15, 0.2) is 42.5 Å². The first-order valence-corrected chi connectivity index (χ1v) is 11.4. The van der Waals surface area contributed by atoms with E-state index in [1.54, 1.807) is 24.3 Å². The van der Waals surface area contributed by atoms with Gasteiger partial charge in [-0.3, -0.25) is 14.5 Å². The Kier molecular flexibility index (Phi) is 5.40. The van der Waals surface area contributed by atoms with Gasteiger partial charge in [0.15, 0.2) is 0 Å². The number of rotatable bonds is 2. The van der Waals surface area contributed by atoms with Crippen LogP contribution in [-0.4, -0.2) is 65.3 Å². The summed E-state index contributed by atoms with van der Waals surface area (Å²) in [5.74, 6) is 0.171. The highest BCUT2D eigenvalue weighted by Crippen LogP contribution is 2.25. The number of hydrogen-bond donors (Lipinski definition) is 1. The van der Waals surface area contributed by atoms with Gasteiger partial charge in [0.2, 0.25) is 0 Å². The summed E-state index contributed by atoms with van der Waals surface area (Å²) < 4.78 is 0. The molecule has 6 heteroatoms. The normalized spacial score (nSPS) is 21.4. The van der Waals surface area contributed by atoms with Gasteiger partial charge in [0.05, 0.1) is 0 Å². The Morgan fingerprint density at radius 3 is 2.42 bits per heavy atom. The number of carbonyl (C=O) groups excluding carboxylic acids is 2. The molecular formula is C25H30N4O2. The van der Waals surface area contributed by atoms with E-state index in [0.717, 1.165) is 37.2 Å². The van der Waals surface area contributed by atoms with Crippen molar-refractivity contribution >= 4 is 17.5 Å². The summed E-state index contributed by atoms with van der Waals surface area (Å²) in [6.07, 6.45) is 4.53. The molecule has 0 aromatic heterocycles. The summed E-state index contributed by atoms with van der Waals surface area (Å²) in [5.41, 5.74) is 10.1. The molecule has 3 aliphatic rings. The fourth-order valence-corrected chi connectivity index (χ4v) is 5.19. The number of fused-ring (bicyclic) bond motifs is 2. The Hall–Kier alpha value is -2.86. The minimum Gasteiger partial charge on any atom is -0.399 e. The lowest BCUT2D eigenvalue weighted by Crippen LogP contribution is -2.56. The zero-order chi connectivity index (χ0) is 21.4. The van der Waals surface area contributed by atoms with Gasteiger partial charge < -0.3 is 15.5 Å². The van der Waals surface area contributed by atoms with Gasteiger partial charge in [-0.15, -0.1) is 0 Å². The third kappa shape index (κ3) is 4.04. The highest BCUT2D eigenvalue weighted by molar-refractivity contribution is 5.95. The lowest BCUT2D eigenvalue weighted by molar-refractivity contribution is 0.0372. The lowest BCUT2D eigenvalue weighted by atomic mass is 9.95. The molecule has 162 valence electrons. The van der Waals surface area contributed by atoms with Crippen LogP contribution in [0, 0.1) is 0 Å². The number of nitrogens with two attached hydrogens (primary N) is 1. The monoisotopic (exact) mass is 418 g/mol. The molecular weight excluding hydrogens is 388 g/mol. The highest BCUT2D eigenvalue weighted by atomic mass is 16.2. The van der Waals surface area contributed by atoms with Crippen molar-refractivity contribution in [3.05, 3.63) is 64.7 Å². The first-order valence-electron chi connectivity index (χ1n) is 11.4. The van der Waals surface area contributed by atoms with E-state index in [1.807, 2.05) is 21.9 Å². The molecule has 0 radical (unpaired) electrons. The summed E-state index contributed by atoms with van der Waals surface area (Å²) in [6.45, 7) is 5.07. The number of benzene rings is 2. The van der Waals surface area contributed by atoms with Gasteiger partial charge in [-0.25, -0.2) is 0 Å². The third-order valence-electron chi connectivity index (χ3n) is 7.03. The molecule has 6 nitrogen and oxygen atoms in total. The van der Waals surface area contributed by atoms with Crippen LogP contribution >= 0.6 is 0 Å². The SMILES string of the molecule is Nc1ccc(C(=O)N2CCc3cc(C(=O)N4CCN5CCCCC5C4)ccc3C2)cc1. The van der Waals surface area contributed by atoms with E-state index in [4.69, 9.17) is 5.73 Å². The van der Waals surface area contributed by atoms with Gasteiger partial charge in [-0.2, -0.15) is 0 Å². The maximum absolute atomic E-state index is 13.2. The summed E-state index contributed by atoms with van der Waals surface area (Å²) in [4.78, 5) is 32.5. The molecule has 31 heavy (non-hydrogen) atoms. The molecule has 1 unspecified atom stereocenters. The predicted octanol–water partition coefficient (Wildman–Crippen LogP) is 2.78. The Morgan fingerprint density at radius 1 is 0.806 bits per heavy atom. The molecule has 0 bridgehead atoms. The Balaban J connectivity index is 1.27. The van der Waals surface area contributed by atoms with Crippen LogP contribution in [0.5, 0.6) is 0 Å². The summed E-state index contributed by atoms with van der Waals surface area (Å²) in [5, 5.41) is 0. The first kappa shape index (κ1) is 20.1. The van der Waals surface area contributed by atoms with Crippen LogP contribution in [-0.2, 0) is 13.0 Å². The second kappa shape index (κ2) is 8.35. The van der Waals surface area contributed by atoms with Crippen molar-refractivity contribution in [1.82, 2.24) is 14.7 Å². The molecule has 2 aromatic rings. The standard InChI is InChI=1S/C25H30N4O2/c26-22-8-6-18(7-9-22)24(30)28-12-10-19-15-20(4-5-21(19)16-28)25(31)29-14-13-27-11-2-1-3-23(27)17-29/h4-9,15,23H,1-3,10-14,16-17,26H2. The number of anilines is 1. The summed E-state index contributed by atoms with van der Waals surface area (Å²) >= 11 is 0. The Bertz CT molecular complexity index is 988. The van der Waals surface area contributed by atoms with Crippen LogP contribution in [0.4, 0.5) is 5.69 Å². The number of hydrogen-bond acceptors (Lipinski definition) is 4. The topological polar surface area (TPSA) is 69.9 Å². The summed E-state index contributed by atoms with van der Waals surface area (Å²) in [7, 11) is 0. The number of nitrogens with zero attached hydrogens (tertiary/aromatic N) is 3. The van der Waals surface area contributed by atoms with Crippen molar-refractivity contribution in [3.63, 3.8) is 0 Å². The van der Waals surface area contributed by atoms with E-state index in [2.05, 4.69) is 11.0 Å². The zero-order valence-electron chi connectivity index (χ0n) is 17.9. The van der Waals surface area contributed by atoms with E-state index >= 15 is 0 Å². The van der Waals surface area contributed by atoms with Crippen molar-refractivity contribution in [2.24, 2.45) is 0 Å². The van der Waals surface area contributed by atoms with E-state index < -0.39 is 0 Å². The molecule has 0 aliphatic carbocycles. The number of carbonyl (C=O) groups is 2. The molecule has 2 amide bonds. The van der Waals surface area contributed by atoms with Crippen LogP contribution in [0.25, 0.3) is 0 Å². The Labute approximate surface area is 183 Å². The van der Waals surface area contributed by atoms with Crippen molar-refractivity contribution in [2.75, 3.05) is 38.5 Å². The van der Waals surface area contributed by atoms with Crippen molar-refractivity contribution in [2.45, 2.75) is 38.3 Å². The average Bonchev–Trinajstić information content (AvgIpc) is 2.82. The minimum absolute atomic E-state index is 0.0242. The van der Waals surface area contributed by atoms with Crippen LogP contribution < -0.4 is 5.73 Å². The molecule has 2 saturated heterocycles. The number of nitrogen functional groups attached to an aromatic ring is 1. The summed E-state index contributed by atoms with van der Waals surface area (Å²) in [6, 6.07) is 13.6. The predicted molar refractivity (Wildman–Crippen MR) is 121 cm³/mol. The van der Waals surface area contributed by atoms with Gasteiger partial charge in [0.25, 0.3) is 11.8 Å². The van der Waals surface area contributed by atoms with Gasteiger partial charge in [-0.1, -0.05) is 12.5 Å². The van der Waals surface area contributed by atoms with Gasteiger partial charge in [0, 0.05) is 55.6 Å². The van der Waals surface area contributed by atoms with Crippen LogP contribution in [0.3, 0.4) is 0 Å². The number of amides is 2. The smallest absolute Gasteiger partial charge is 0.254 e. The van der Waals surface area contributed by atoms with Crippen molar-refractivity contribution < 1.29 is 9.59 Å². The number of piperazine rings is 1. The quantitative estimate of drug-likeness (QED) is 0.762. The van der Waals surface area contributed by atoms with Gasteiger partial charge >= 0.3 is 0 Å². The third-order valence-corrected chi connectivity index (χ3v) is 7.03. The zero-order valence-corrected chi connectivity index (χ0v) is 17.9. The second-order valence-corrected chi connectivity index (χ2v) is 9.02. The van der Waals surface area contributed by atoms with Crippen LogP contribution in [0.2, 0.25) is 0 Å². The molecule has 3 heterocycles. The van der Waals surface area contributed by atoms with E-state index in [0.29, 0.717) is 30.4 Å². The molecule has 2 N–H and O–H groups in total. The van der Waals surface area contributed by atoms with Crippen LogP contribution in [0.1, 0.15) is 51.1 Å². The fourth-order valence-electron chi connectivity index (χ4n) is 5.19. The molecule has 2 aromatic carbocycles. The number of piperidine rings is 1. The lowest BCUT2D eigenvalue weighted by Gasteiger charge is -2.44. The molecule has 0 spiro atoms.